The number of aliphatic carboxylic acids is 1. The smallest absolute Gasteiger partial charge is 0.306 e. The van der Waals surface area contributed by atoms with Gasteiger partial charge in [0.05, 0.1) is 5.92 Å². The zero-order chi connectivity index (χ0) is 11.0. The fraction of sp³-hybridized carbons (Fsp3) is 0.833. The maximum atomic E-state index is 10.9. The quantitative estimate of drug-likeness (QED) is 0.606. The van der Waals surface area contributed by atoms with Crippen LogP contribution in [0.5, 0.6) is 0 Å². The van der Waals surface area contributed by atoms with Gasteiger partial charge in [-0.1, -0.05) is 40.0 Å². The Hall–Kier alpha value is -0.530. The van der Waals surface area contributed by atoms with E-state index in [1.54, 1.807) is 0 Å². The molecule has 1 radical (unpaired) electrons. The molecule has 1 atom stereocenters. The van der Waals surface area contributed by atoms with Crippen LogP contribution in [0.2, 0.25) is 0 Å². The summed E-state index contributed by atoms with van der Waals surface area (Å²) in [5, 5.41) is 8.98. The van der Waals surface area contributed by atoms with Crippen LogP contribution in [-0.2, 0) is 4.79 Å². The molecule has 0 saturated heterocycles. The van der Waals surface area contributed by atoms with Gasteiger partial charge < -0.3 is 5.11 Å². The SMILES string of the molecule is CCCCCC(CC[C](C)C)C(=O)O. The molecule has 0 rings (SSSR count). The minimum absolute atomic E-state index is 0.128. The summed E-state index contributed by atoms with van der Waals surface area (Å²) >= 11 is 0. The number of carboxylic acids is 1. The van der Waals surface area contributed by atoms with Crippen LogP contribution in [0, 0.1) is 11.8 Å². The summed E-state index contributed by atoms with van der Waals surface area (Å²) in [4.78, 5) is 10.9. The first-order chi connectivity index (χ1) is 6.57. The van der Waals surface area contributed by atoms with Gasteiger partial charge in [0.15, 0.2) is 0 Å². The standard InChI is InChI=1S/C12H23O2/c1-4-5-6-7-11(12(13)14)9-8-10(2)3/h11H,4-9H2,1-3H3,(H,13,14). The predicted octanol–water partition coefficient (Wildman–Crippen LogP) is 3.66. The fourth-order valence-corrected chi connectivity index (χ4v) is 1.49. The average molecular weight is 199 g/mol. The van der Waals surface area contributed by atoms with Crippen molar-refractivity contribution in [2.75, 3.05) is 0 Å². The monoisotopic (exact) mass is 199 g/mol. The van der Waals surface area contributed by atoms with Gasteiger partial charge in [-0.3, -0.25) is 4.79 Å². The number of carbonyl (C=O) groups is 1. The van der Waals surface area contributed by atoms with E-state index < -0.39 is 5.97 Å². The van der Waals surface area contributed by atoms with Crippen LogP contribution in [0.25, 0.3) is 0 Å². The zero-order valence-corrected chi connectivity index (χ0v) is 9.68. The predicted molar refractivity (Wildman–Crippen MR) is 59.1 cm³/mol. The van der Waals surface area contributed by atoms with Gasteiger partial charge in [0.2, 0.25) is 0 Å². The van der Waals surface area contributed by atoms with E-state index >= 15 is 0 Å². The van der Waals surface area contributed by atoms with Gasteiger partial charge in [-0.2, -0.15) is 0 Å². The average Bonchev–Trinajstić information content (AvgIpc) is 2.10. The highest BCUT2D eigenvalue weighted by Gasteiger charge is 2.16. The first-order valence-electron chi connectivity index (χ1n) is 5.59. The molecule has 1 N–H and O–H groups in total. The van der Waals surface area contributed by atoms with Crippen LogP contribution in [-0.4, -0.2) is 11.1 Å². The summed E-state index contributed by atoms with van der Waals surface area (Å²) in [6.07, 6.45) is 5.96. The van der Waals surface area contributed by atoms with E-state index in [9.17, 15) is 4.79 Å². The molecular weight excluding hydrogens is 176 g/mol. The lowest BCUT2D eigenvalue weighted by molar-refractivity contribution is -0.142. The van der Waals surface area contributed by atoms with Gasteiger partial charge >= 0.3 is 5.97 Å². The van der Waals surface area contributed by atoms with Crippen molar-refractivity contribution >= 4 is 5.97 Å². The summed E-state index contributed by atoms with van der Waals surface area (Å²) in [7, 11) is 0. The highest BCUT2D eigenvalue weighted by molar-refractivity contribution is 5.69. The van der Waals surface area contributed by atoms with E-state index in [-0.39, 0.29) is 5.92 Å². The normalized spacial score (nSPS) is 13.1. The number of hydrogen-bond donors (Lipinski definition) is 1. The van der Waals surface area contributed by atoms with Gasteiger partial charge in [-0.15, -0.1) is 0 Å². The third kappa shape index (κ3) is 6.93. The van der Waals surface area contributed by atoms with Crippen molar-refractivity contribution in [3.05, 3.63) is 5.92 Å². The van der Waals surface area contributed by atoms with Crippen molar-refractivity contribution in [2.24, 2.45) is 5.92 Å². The summed E-state index contributed by atoms with van der Waals surface area (Å²) in [6, 6.07) is 0. The van der Waals surface area contributed by atoms with Crippen LogP contribution in [0.3, 0.4) is 0 Å². The molecule has 0 saturated carbocycles. The zero-order valence-electron chi connectivity index (χ0n) is 9.68. The second kappa shape index (κ2) is 7.84. The van der Waals surface area contributed by atoms with Crippen LogP contribution < -0.4 is 0 Å². The Labute approximate surface area is 87.7 Å². The summed E-state index contributed by atoms with van der Waals surface area (Å²) in [5.74, 6) is 0.575. The van der Waals surface area contributed by atoms with E-state index in [1.807, 2.05) is 0 Å². The maximum absolute atomic E-state index is 10.9. The molecule has 0 aliphatic carbocycles. The molecule has 2 nitrogen and oxygen atoms in total. The molecule has 0 spiro atoms. The Morgan fingerprint density at radius 2 is 1.86 bits per heavy atom. The molecule has 2 heteroatoms. The molecule has 0 aliphatic rings. The van der Waals surface area contributed by atoms with Gasteiger partial charge in [-0.25, -0.2) is 0 Å². The lowest BCUT2D eigenvalue weighted by Crippen LogP contribution is -2.14. The summed E-state index contributed by atoms with van der Waals surface area (Å²) in [5.41, 5.74) is 0. The van der Waals surface area contributed by atoms with Gasteiger partial charge in [0, 0.05) is 0 Å². The maximum Gasteiger partial charge on any atom is 0.306 e. The Kier molecular flexibility index (Phi) is 7.54. The van der Waals surface area contributed by atoms with Crippen LogP contribution >= 0.6 is 0 Å². The van der Waals surface area contributed by atoms with Crippen molar-refractivity contribution in [1.82, 2.24) is 0 Å². The Balaban J connectivity index is 3.72. The van der Waals surface area contributed by atoms with Crippen molar-refractivity contribution in [3.63, 3.8) is 0 Å². The second-order valence-electron chi connectivity index (χ2n) is 4.28. The lowest BCUT2D eigenvalue weighted by atomic mass is 9.93. The number of carboxylic acid groups (broad SMARTS) is 1. The lowest BCUT2D eigenvalue weighted by Gasteiger charge is -2.12. The Bertz CT molecular complexity index is 152. The molecular formula is C12H23O2. The summed E-state index contributed by atoms with van der Waals surface area (Å²) in [6.45, 7) is 6.26. The molecule has 0 fully saturated rings. The van der Waals surface area contributed by atoms with Crippen molar-refractivity contribution in [3.8, 4) is 0 Å². The van der Waals surface area contributed by atoms with Gasteiger partial charge in [0.25, 0.3) is 0 Å². The minimum Gasteiger partial charge on any atom is -0.481 e. The molecule has 14 heavy (non-hydrogen) atoms. The first-order valence-corrected chi connectivity index (χ1v) is 5.59. The molecule has 0 amide bonds. The molecule has 0 bridgehead atoms. The molecule has 0 aliphatic heterocycles. The van der Waals surface area contributed by atoms with E-state index in [0.29, 0.717) is 0 Å². The third-order valence-corrected chi connectivity index (χ3v) is 2.50. The topological polar surface area (TPSA) is 37.3 Å². The fourth-order valence-electron chi connectivity index (χ4n) is 1.49. The van der Waals surface area contributed by atoms with Crippen LogP contribution in [0.1, 0.15) is 59.3 Å². The largest absolute Gasteiger partial charge is 0.481 e. The first kappa shape index (κ1) is 13.5. The van der Waals surface area contributed by atoms with Crippen molar-refractivity contribution in [1.29, 1.82) is 0 Å². The molecule has 0 aromatic rings. The second-order valence-corrected chi connectivity index (χ2v) is 4.28. The number of unbranched alkanes of at least 4 members (excludes halogenated alkanes) is 2. The molecule has 0 aromatic heterocycles. The Morgan fingerprint density at radius 1 is 1.21 bits per heavy atom. The van der Waals surface area contributed by atoms with E-state index in [1.165, 1.54) is 5.92 Å². The van der Waals surface area contributed by atoms with E-state index in [0.717, 1.165) is 38.5 Å². The van der Waals surface area contributed by atoms with Gasteiger partial charge in [-0.05, 0) is 25.2 Å². The number of rotatable bonds is 8. The number of hydrogen-bond acceptors (Lipinski definition) is 1. The van der Waals surface area contributed by atoms with Gasteiger partial charge in [0.1, 0.15) is 0 Å². The summed E-state index contributed by atoms with van der Waals surface area (Å²) < 4.78 is 0. The van der Waals surface area contributed by atoms with E-state index in [2.05, 4.69) is 20.8 Å². The molecule has 83 valence electrons. The van der Waals surface area contributed by atoms with Crippen molar-refractivity contribution in [2.45, 2.75) is 59.3 Å². The Morgan fingerprint density at radius 3 is 2.29 bits per heavy atom. The van der Waals surface area contributed by atoms with Crippen molar-refractivity contribution < 1.29 is 9.90 Å². The van der Waals surface area contributed by atoms with Crippen LogP contribution in [0.4, 0.5) is 0 Å². The highest BCUT2D eigenvalue weighted by atomic mass is 16.4. The highest BCUT2D eigenvalue weighted by Crippen LogP contribution is 2.19. The molecule has 1 unspecified atom stereocenters. The minimum atomic E-state index is -0.623. The third-order valence-electron chi connectivity index (χ3n) is 2.50. The molecule has 0 aromatic carbocycles. The van der Waals surface area contributed by atoms with E-state index in [4.69, 9.17) is 5.11 Å². The molecule has 0 heterocycles. The van der Waals surface area contributed by atoms with Crippen LogP contribution in [0.15, 0.2) is 0 Å².